The van der Waals surface area contributed by atoms with Crippen LogP contribution < -0.4 is 4.72 Å². The molecule has 0 spiro atoms. The molecule has 8 heteroatoms. The molecule has 0 aliphatic heterocycles. The average Bonchev–Trinajstić information content (AvgIpc) is 2.22. The zero-order valence-corrected chi connectivity index (χ0v) is 11.9. The standard InChI is InChI=1S/C10H12BrF2NO3S/c1-6(15)2-3-14-18(16,17)10-4-7(11)8(12)5-9(10)13/h4-6,14-15H,2-3H2,1H3. The Hall–Kier alpha value is -0.570. The summed E-state index contributed by atoms with van der Waals surface area (Å²) in [6.45, 7) is 1.47. The Morgan fingerprint density at radius 3 is 2.56 bits per heavy atom. The Morgan fingerprint density at radius 2 is 2.00 bits per heavy atom. The summed E-state index contributed by atoms with van der Waals surface area (Å²) in [4.78, 5) is -0.638. The second-order valence-corrected chi connectivity index (χ2v) is 6.32. The van der Waals surface area contributed by atoms with Crippen molar-refractivity contribution in [3.63, 3.8) is 0 Å². The Balaban J connectivity index is 2.95. The molecule has 102 valence electrons. The van der Waals surface area contributed by atoms with Crippen molar-refractivity contribution in [1.82, 2.24) is 4.72 Å². The SMILES string of the molecule is CC(O)CCNS(=O)(=O)c1cc(Br)c(F)cc1F. The fourth-order valence-electron chi connectivity index (χ4n) is 1.19. The van der Waals surface area contributed by atoms with Crippen molar-refractivity contribution in [3.8, 4) is 0 Å². The maximum atomic E-state index is 13.4. The van der Waals surface area contributed by atoms with Crippen LogP contribution in [0.1, 0.15) is 13.3 Å². The zero-order valence-electron chi connectivity index (χ0n) is 9.45. The highest BCUT2D eigenvalue weighted by Crippen LogP contribution is 2.23. The van der Waals surface area contributed by atoms with Crippen LogP contribution in [0.15, 0.2) is 21.5 Å². The highest BCUT2D eigenvalue weighted by atomic mass is 79.9. The predicted octanol–water partition coefficient (Wildman–Crippen LogP) is 1.78. The lowest BCUT2D eigenvalue weighted by Gasteiger charge is -2.09. The van der Waals surface area contributed by atoms with E-state index in [1.807, 2.05) is 0 Å². The molecule has 1 atom stereocenters. The summed E-state index contributed by atoms with van der Waals surface area (Å²) in [6, 6.07) is 1.35. The van der Waals surface area contributed by atoms with Gasteiger partial charge in [0.15, 0.2) is 0 Å². The molecule has 1 aromatic rings. The van der Waals surface area contributed by atoms with Gasteiger partial charge in [0, 0.05) is 12.6 Å². The number of sulfonamides is 1. The Labute approximate surface area is 112 Å². The van der Waals surface area contributed by atoms with E-state index in [-0.39, 0.29) is 17.4 Å². The first kappa shape index (κ1) is 15.5. The number of hydrogen-bond acceptors (Lipinski definition) is 3. The van der Waals surface area contributed by atoms with Gasteiger partial charge in [-0.15, -0.1) is 0 Å². The zero-order chi connectivity index (χ0) is 13.9. The number of aliphatic hydroxyl groups excluding tert-OH is 1. The van der Waals surface area contributed by atoms with Gasteiger partial charge in [0.05, 0.1) is 10.6 Å². The third-order valence-corrected chi connectivity index (χ3v) is 4.20. The first-order chi connectivity index (χ1) is 8.24. The van der Waals surface area contributed by atoms with Crippen LogP contribution in [0.2, 0.25) is 0 Å². The van der Waals surface area contributed by atoms with E-state index < -0.39 is 32.7 Å². The molecule has 1 aromatic carbocycles. The molecule has 0 bridgehead atoms. The van der Waals surface area contributed by atoms with Gasteiger partial charge in [0.25, 0.3) is 0 Å². The highest BCUT2D eigenvalue weighted by Gasteiger charge is 2.21. The van der Waals surface area contributed by atoms with E-state index in [4.69, 9.17) is 5.11 Å². The summed E-state index contributed by atoms with van der Waals surface area (Å²) in [6.07, 6.45) is -0.471. The summed E-state index contributed by atoms with van der Waals surface area (Å²) in [5.74, 6) is -2.05. The van der Waals surface area contributed by atoms with Gasteiger partial charge in [0.1, 0.15) is 16.5 Å². The maximum absolute atomic E-state index is 13.4. The van der Waals surface area contributed by atoms with E-state index in [9.17, 15) is 17.2 Å². The normalized spacial score (nSPS) is 13.6. The molecule has 0 saturated carbocycles. The third-order valence-electron chi connectivity index (χ3n) is 2.12. The second kappa shape index (κ2) is 6.05. The molecule has 2 N–H and O–H groups in total. The lowest BCUT2D eigenvalue weighted by atomic mass is 10.3. The minimum atomic E-state index is -4.06. The van der Waals surface area contributed by atoms with Crippen LogP contribution in [0.25, 0.3) is 0 Å². The van der Waals surface area contributed by atoms with E-state index in [2.05, 4.69) is 20.7 Å². The van der Waals surface area contributed by atoms with E-state index in [1.54, 1.807) is 0 Å². The second-order valence-electron chi connectivity index (χ2n) is 3.73. The number of halogens is 3. The van der Waals surface area contributed by atoms with Crippen LogP contribution in [-0.4, -0.2) is 26.2 Å². The van der Waals surface area contributed by atoms with Crippen molar-refractivity contribution in [3.05, 3.63) is 28.2 Å². The first-order valence-corrected chi connectivity index (χ1v) is 7.34. The van der Waals surface area contributed by atoms with Crippen molar-refractivity contribution in [2.45, 2.75) is 24.3 Å². The summed E-state index contributed by atoms with van der Waals surface area (Å²) in [5, 5.41) is 8.99. The van der Waals surface area contributed by atoms with Crippen LogP contribution in [0, 0.1) is 11.6 Å². The molecule has 1 unspecified atom stereocenters. The molecule has 0 fully saturated rings. The molecule has 0 aromatic heterocycles. The van der Waals surface area contributed by atoms with E-state index in [0.717, 1.165) is 6.07 Å². The van der Waals surface area contributed by atoms with Crippen molar-refractivity contribution < 1.29 is 22.3 Å². The molecular weight excluding hydrogens is 332 g/mol. The van der Waals surface area contributed by atoms with Crippen LogP contribution >= 0.6 is 15.9 Å². The summed E-state index contributed by atoms with van der Waals surface area (Å²) in [5.41, 5.74) is 0. The Kier molecular flexibility index (Phi) is 5.20. The van der Waals surface area contributed by atoms with Crippen molar-refractivity contribution >= 4 is 26.0 Å². The Bertz CT molecular complexity index is 534. The summed E-state index contributed by atoms with van der Waals surface area (Å²) in [7, 11) is -4.06. The topological polar surface area (TPSA) is 66.4 Å². The molecule has 0 amide bonds. The molecule has 0 saturated heterocycles. The summed E-state index contributed by atoms with van der Waals surface area (Å²) >= 11 is 2.79. The number of nitrogens with one attached hydrogen (secondary N) is 1. The molecule has 0 heterocycles. The van der Waals surface area contributed by atoms with Crippen molar-refractivity contribution in [1.29, 1.82) is 0 Å². The number of aliphatic hydroxyl groups is 1. The lowest BCUT2D eigenvalue weighted by Crippen LogP contribution is -2.27. The van der Waals surface area contributed by atoms with Crippen LogP contribution in [-0.2, 0) is 10.0 Å². The lowest BCUT2D eigenvalue weighted by molar-refractivity contribution is 0.186. The smallest absolute Gasteiger partial charge is 0.243 e. The van der Waals surface area contributed by atoms with Crippen molar-refractivity contribution in [2.75, 3.05) is 6.54 Å². The summed E-state index contributed by atoms with van der Waals surface area (Å²) < 4.78 is 51.8. The van der Waals surface area contributed by atoms with Gasteiger partial charge in [0.2, 0.25) is 10.0 Å². The van der Waals surface area contributed by atoms with E-state index in [1.165, 1.54) is 6.92 Å². The van der Waals surface area contributed by atoms with Gasteiger partial charge >= 0.3 is 0 Å². The minimum Gasteiger partial charge on any atom is -0.393 e. The fourth-order valence-corrected chi connectivity index (χ4v) is 2.82. The first-order valence-electron chi connectivity index (χ1n) is 5.06. The maximum Gasteiger partial charge on any atom is 0.243 e. The third kappa shape index (κ3) is 3.98. The Morgan fingerprint density at radius 1 is 1.39 bits per heavy atom. The predicted molar refractivity (Wildman–Crippen MR) is 65.5 cm³/mol. The molecule has 1 rings (SSSR count). The van der Waals surface area contributed by atoms with Crippen LogP contribution in [0.4, 0.5) is 8.78 Å². The number of benzene rings is 1. The van der Waals surface area contributed by atoms with Crippen LogP contribution in [0.3, 0.4) is 0 Å². The number of hydrogen-bond donors (Lipinski definition) is 2. The van der Waals surface area contributed by atoms with Gasteiger partial charge in [-0.3, -0.25) is 0 Å². The van der Waals surface area contributed by atoms with Gasteiger partial charge in [-0.1, -0.05) is 0 Å². The molecule has 0 aliphatic carbocycles. The van der Waals surface area contributed by atoms with E-state index >= 15 is 0 Å². The molecule has 18 heavy (non-hydrogen) atoms. The quantitative estimate of drug-likeness (QED) is 0.801. The van der Waals surface area contributed by atoms with E-state index in [0.29, 0.717) is 6.07 Å². The van der Waals surface area contributed by atoms with Crippen molar-refractivity contribution in [2.24, 2.45) is 0 Å². The molecular formula is C10H12BrF2NO3S. The largest absolute Gasteiger partial charge is 0.393 e. The van der Waals surface area contributed by atoms with Gasteiger partial charge in [-0.25, -0.2) is 21.9 Å². The molecule has 0 radical (unpaired) electrons. The number of rotatable bonds is 5. The fraction of sp³-hybridized carbons (Fsp3) is 0.400. The van der Waals surface area contributed by atoms with Gasteiger partial charge in [-0.2, -0.15) is 0 Å². The monoisotopic (exact) mass is 343 g/mol. The minimum absolute atomic E-state index is 0.0333. The highest BCUT2D eigenvalue weighted by molar-refractivity contribution is 9.10. The van der Waals surface area contributed by atoms with Gasteiger partial charge in [-0.05, 0) is 35.3 Å². The molecule has 0 aliphatic rings. The van der Waals surface area contributed by atoms with Crippen LogP contribution in [0.5, 0.6) is 0 Å². The molecule has 4 nitrogen and oxygen atoms in total. The van der Waals surface area contributed by atoms with Gasteiger partial charge < -0.3 is 5.11 Å². The average molecular weight is 344 g/mol.